The first-order valence-electron chi connectivity index (χ1n) is 7.50. The Morgan fingerprint density at radius 3 is 2.32 bits per heavy atom. The molecule has 0 aromatic carbocycles. The van der Waals surface area contributed by atoms with E-state index in [-0.39, 0.29) is 29.6 Å². The molecule has 0 aromatic rings. The Labute approximate surface area is 158 Å². The van der Waals surface area contributed by atoms with E-state index in [2.05, 4.69) is 6.92 Å². The summed E-state index contributed by atoms with van der Waals surface area (Å²) < 4.78 is 0. The zero-order valence-electron chi connectivity index (χ0n) is 13.4. The Bertz CT molecular complexity index is 426. The summed E-state index contributed by atoms with van der Waals surface area (Å²) in [6.07, 6.45) is 10.8. The summed E-state index contributed by atoms with van der Waals surface area (Å²) in [6, 6.07) is 0. The smallest absolute Gasteiger partial charge is 0.548 e. The third-order valence-electron chi connectivity index (χ3n) is 3.30. The first-order chi connectivity index (χ1) is 10.1. The van der Waals surface area contributed by atoms with E-state index >= 15 is 0 Å². The van der Waals surface area contributed by atoms with Crippen molar-refractivity contribution in [3.05, 3.63) is 11.0 Å². The second-order valence-electron chi connectivity index (χ2n) is 5.11. The number of imide groups is 1. The van der Waals surface area contributed by atoms with Gasteiger partial charge in [0.25, 0.3) is 11.1 Å². The van der Waals surface area contributed by atoms with Crippen LogP contribution in [0.5, 0.6) is 0 Å². The number of hydrogen-bond donors (Lipinski definition) is 0. The fraction of sp³-hybridized carbons (Fsp3) is 0.667. The van der Waals surface area contributed by atoms with Crippen molar-refractivity contribution in [2.24, 2.45) is 0 Å². The Morgan fingerprint density at radius 2 is 1.73 bits per heavy atom. The van der Waals surface area contributed by atoms with E-state index in [1.54, 1.807) is 6.08 Å². The van der Waals surface area contributed by atoms with Crippen molar-refractivity contribution in [1.82, 2.24) is 4.90 Å². The number of rotatable bonds is 10. The first-order valence-corrected chi connectivity index (χ1v) is 8.31. The molecule has 0 saturated carbocycles. The van der Waals surface area contributed by atoms with E-state index < -0.39 is 23.7 Å². The van der Waals surface area contributed by atoms with Gasteiger partial charge < -0.3 is 9.90 Å². The SMILES string of the molecule is CCCCCCCCC/C=C1\SC(=O)N(CC(=O)[O-])C1=O.[Na+]. The van der Waals surface area contributed by atoms with Crippen LogP contribution in [0.25, 0.3) is 0 Å². The van der Waals surface area contributed by atoms with Gasteiger partial charge in [0.15, 0.2) is 0 Å². The molecule has 1 heterocycles. The van der Waals surface area contributed by atoms with Crippen molar-refractivity contribution < 1.29 is 49.0 Å². The molecular formula is C15H22NNaO4S. The summed E-state index contributed by atoms with van der Waals surface area (Å²) in [5.74, 6) is -1.94. The quantitative estimate of drug-likeness (QED) is 0.304. The monoisotopic (exact) mass is 335 g/mol. The summed E-state index contributed by atoms with van der Waals surface area (Å²) >= 11 is 0.806. The standard InChI is InChI=1S/C15H23NO4S.Na/c1-2-3-4-5-6-7-8-9-10-12-14(19)16(11-13(17)18)15(20)21-12;/h10H,2-9,11H2,1H3,(H,17,18);/q;+1/p-1/b12-10-;. The number of carbonyl (C=O) groups excluding carboxylic acids is 3. The van der Waals surface area contributed by atoms with Crippen LogP contribution < -0.4 is 34.7 Å². The molecule has 7 heteroatoms. The second kappa shape index (κ2) is 12.2. The minimum atomic E-state index is -1.43. The van der Waals surface area contributed by atoms with Gasteiger partial charge in [0.05, 0.1) is 17.4 Å². The van der Waals surface area contributed by atoms with Crippen LogP contribution in [-0.2, 0) is 9.59 Å². The molecule has 22 heavy (non-hydrogen) atoms. The normalized spacial score (nSPS) is 16.2. The van der Waals surface area contributed by atoms with Crippen molar-refractivity contribution in [1.29, 1.82) is 0 Å². The maximum Gasteiger partial charge on any atom is 1.00 e. The number of carbonyl (C=O) groups is 3. The van der Waals surface area contributed by atoms with Crippen molar-refractivity contribution in [3.8, 4) is 0 Å². The van der Waals surface area contributed by atoms with E-state index in [9.17, 15) is 19.5 Å². The Hall–Kier alpha value is -0.300. The topological polar surface area (TPSA) is 77.5 Å². The molecule has 2 amide bonds. The molecule has 0 atom stereocenters. The van der Waals surface area contributed by atoms with Gasteiger partial charge in [0, 0.05) is 0 Å². The second-order valence-corrected chi connectivity index (χ2v) is 6.10. The van der Waals surface area contributed by atoms with Crippen LogP contribution in [0.1, 0.15) is 58.3 Å². The molecule has 0 spiro atoms. The predicted molar refractivity (Wildman–Crippen MR) is 80.4 cm³/mol. The van der Waals surface area contributed by atoms with E-state index in [1.807, 2.05) is 0 Å². The number of nitrogens with zero attached hydrogens (tertiary/aromatic N) is 1. The zero-order chi connectivity index (χ0) is 15.7. The van der Waals surface area contributed by atoms with Gasteiger partial charge in [-0.2, -0.15) is 0 Å². The molecule has 0 N–H and O–H groups in total. The number of allylic oxidation sites excluding steroid dienone is 1. The van der Waals surface area contributed by atoms with Gasteiger partial charge in [0.2, 0.25) is 0 Å². The first kappa shape index (κ1) is 21.7. The van der Waals surface area contributed by atoms with Crippen LogP contribution in [0.3, 0.4) is 0 Å². The van der Waals surface area contributed by atoms with E-state index in [0.29, 0.717) is 4.91 Å². The molecule has 118 valence electrons. The number of carboxylic acids is 1. The van der Waals surface area contributed by atoms with Crippen molar-refractivity contribution >= 4 is 28.9 Å². The van der Waals surface area contributed by atoms with Crippen LogP contribution in [0, 0.1) is 0 Å². The van der Waals surface area contributed by atoms with E-state index in [1.165, 1.54) is 32.1 Å². The van der Waals surface area contributed by atoms with Crippen molar-refractivity contribution in [2.75, 3.05) is 6.54 Å². The van der Waals surface area contributed by atoms with Gasteiger partial charge in [-0.15, -0.1) is 0 Å². The van der Waals surface area contributed by atoms with Crippen LogP contribution in [0.15, 0.2) is 11.0 Å². The summed E-state index contributed by atoms with van der Waals surface area (Å²) in [5.41, 5.74) is 0. The summed E-state index contributed by atoms with van der Waals surface area (Å²) in [7, 11) is 0. The summed E-state index contributed by atoms with van der Waals surface area (Å²) in [6.45, 7) is 1.52. The molecule has 1 aliphatic heterocycles. The number of unbranched alkanes of at least 4 members (excludes halogenated alkanes) is 7. The van der Waals surface area contributed by atoms with Gasteiger partial charge >= 0.3 is 29.6 Å². The average molecular weight is 335 g/mol. The van der Waals surface area contributed by atoms with Crippen molar-refractivity contribution in [2.45, 2.75) is 58.3 Å². The molecule has 1 saturated heterocycles. The minimum Gasteiger partial charge on any atom is -0.548 e. The number of amides is 2. The molecule has 0 unspecified atom stereocenters. The zero-order valence-corrected chi connectivity index (χ0v) is 16.2. The van der Waals surface area contributed by atoms with Gasteiger partial charge in [0.1, 0.15) is 0 Å². The molecule has 1 aliphatic rings. The summed E-state index contributed by atoms with van der Waals surface area (Å²) in [4.78, 5) is 34.8. The molecule has 5 nitrogen and oxygen atoms in total. The van der Waals surface area contributed by atoms with Crippen LogP contribution in [-0.4, -0.2) is 28.6 Å². The van der Waals surface area contributed by atoms with E-state index in [4.69, 9.17) is 0 Å². The van der Waals surface area contributed by atoms with E-state index in [0.717, 1.165) is 35.9 Å². The number of thioether (sulfide) groups is 1. The molecule has 0 radical (unpaired) electrons. The molecule has 0 aromatic heterocycles. The molecule has 0 aliphatic carbocycles. The van der Waals surface area contributed by atoms with Crippen molar-refractivity contribution in [3.63, 3.8) is 0 Å². The largest absolute Gasteiger partial charge is 1.00 e. The predicted octanol–water partition coefficient (Wildman–Crippen LogP) is -0.540. The average Bonchev–Trinajstić information content (AvgIpc) is 2.69. The van der Waals surface area contributed by atoms with Crippen LogP contribution in [0.4, 0.5) is 4.79 Å². The van der Waals surface area contributed by atoms with Gasteiger partial charge in [-0.25, -0.2) is 0 Å². The maximum atomic E-state index is 11.8. The molecule has 1 rings (SSSR count). The number of carboxylic acid groups (broad SMARTS) is 1. The fourth-order valence-corrected chi connectivity index (χ4v) is 2.98. The van der Waals surface area contributed by atoms with Gasteiger partial charge in [-0.05, 0) is 24.6 Å². The van der Waals surface area contributed by atoms with Crippen LogP contribution >= 0.6 is 11.8 Å². The molecular weight excluding hydrogens is 313 g/mol. The van der Waals surface area contributed by atoms with Gasteiger partial charge in [-0.1, -0.05) is 51.5 Å². The molecule has 1 fully saturated rings. The third-order valence-corrected chi connectivity index (χ3v) is 4.25. The number of hydrogen-bond acceptors (Lipinski definition) is 5. The van der Waals surface area contributed by atoms with Gasteiger partial charge in [-0.3, -0.25) is 14.5 Å². The molecule has 0 bridgehead atoms. The number of aliphatic carboxylic acids is 1. The Morgan fingerprint density at radius 1 is 1.14 bits per heavy atom. The maximum absolute atomic E-state index is 11.8. The third kappa shape index (κ3) is 7.81. The Balaban J connectivity index is 0.00000441. The Kier molecular flexibility index (Phi) is 12.0. The summed E-state index contributed by atoms with van der Waals surface area (Å²) in [5, 5.41) is 9.94. The van der Waals surface area contributed by atoms with Crippen LogP contribution in [0.2, 0.25) is 0 Å². The minimum absolute atomic E-state index is 0. The fourth-order valence-electron chi connectivity index (χ4n) is 2.14.